The Morgan fingerprint density at radius 2 is 1.81 bits per heavy atom. The van der Waals surface area contributed by atoms with Crippen LogP contribution in [0, 0.1) is 0 Å². The third-order valence-electron chi connectivity index (χ3n) is 4.51. The second-order valence-electron chi connectivity index (χ2n) is 6.01. The van der Waals surface area contributed by atoms with Crippen LogP contribution in [0.15, 0.2) is 42.5 Å². The molecule has 0 aromatic heterocycles. The van der Waals surface area contributed by atoms with Gasteiger partial charge in [-0.15, -0.1) is 0 Å². The number of hydrogen-bond donors (Lipinski definition) is 2. The fourth-order valence-corrected chi connectivity index (χ4v) is 3.23. The van der Waals surface area contributed by atoms with Crippen molar-refractivity contribution in [1.29, 1.82) is 0 Å². The molecule has 0 radical (unpaired) electrons. The summed E-state index contributed by atoms with van der Waals surface area (Å²) in [4.78, 5) is 12.2. The predicted molar refractivity (Wildman–Crippen MR) is 86.0 cm³/mol. The van der Waals surface area contributed by atoms with Crippen LogP contribution >= 0.6 is 0 Å². The van der Waals surface area contributed by atoms with Crippen LogP contribution < -0.4 is 11.1 Å². The molecule has 3 heteroatoms. The highest BCUT2D eigenvalue weighted by Crippen LogP contribution is 2.27. The average Bonchev–Trinajstić information content (AvgIpc) is 2.95. The Kier molecular flexibility index (Phi) is 3.93. The first kappa shape index (κ1) is 14.1. The Balaban J connectivity index is 1.63. The summed E-state index contributed by atoms with van der Waals surface area (Å²) in [6, 6.07) is 14.7. The van der Waals surface area contributed by atoms with Crippen molar-refractivity contribution in [2.24, 2.45) is 5.73 Å². The number of hydrogen-bond acceptors (Lipinski definition) is 2. The molecule has 21 heavy (non-hydrogen) atoms. The molecule has 0 bridgehead atoms. The molecule has 1 fully saturated rings. The van der Waals surface area contributed by atoms with E-state index in [2.05, 4.69) is 41.7 Å². The van der Waals surface area contributed by atoms with Gasteiger partial charge in [0.1, 0.15) is 0 Å². The van der Waals surface area contributed by atoms with Crippen LogP contribution in [0.1, 0.15) is 31.2 Å². The number of fused-ring (bicyclic) bond motifs is 1. The Hall–Kier alpha value is -1.87. The first-order valence-electron chi connectivity index (χ1n) is 7.73. The van der Waals surface area contributed by atoms with Gasteiger partial charge in [0.15, 0.2) is 0 Å². The zero-order chi connectivity index (χ0) is 14.7. The van der Waals surface area contributed by atoms with Crippen molar-refractivity contribution < 1.29 is 4.79 Å². The average molecular weight is 282 g/mol. The largest absolute Gasteiger partial charge is 0.354 e. The van der Waals surface area contributed by atoms with Crippen LogP contribution in [0.25, 0.3) is 10.8 Å². The molecule has 3 nitrogen and oxygen atoms in total. The number of nitrogens with two attached hydrogens (primary N) is 1. The molecule has 110 valence electrons. The van der Waals surface area contributed by atoms with E-state index in [9.17, 15) is 4.79 Å². The summed E-state index contributed by atoms with van der Waals surface area (Å²) >= 11 is 0. The van der Waals surface area contributed by atoms with Gasteiger partial charge in [-0.1, -0.05) is 55.3 Å². The first-order chi connectivity index (χ1) is 10.2. The molecule has 1 amide bonds. The third kappa shape index (κ3) is 2.93. The van der Waals surface area contributed by atoms with Crippen LogP contribution in [-0.4, -0.2) is 18.0 Å². The maximum absolute atomic E-state index is 12.2. The van der Waals surface area contributed by atoms with E-state index in [1.165, 1.54) is 16.3 Å². The molecular formula is C18H22N2O. The van der Waals surface area contributed by atoms with Gasteiger partial charge in [0.2, 0.25) is 5.91 Å². The number of benzene rings is 2. The fraction of sp³-hybridized carbons (Fsp3) is 0.389. The van der Waals surface area contributed by atoms with Crippen molar-refractivity contribution in [3.63, 3.8) is 0 Å². The topological polar surface area (TPSA) is 55.1 Å². The van der Waals surface area contributed by atoms with E-state index in [1.807, 2.05) is 6.07 Å². The fourth-order valence-electron chi connectivity index (χ4n) is 3.23. The lowest BCUT2D eigenvalue weighted by Gasteiger charge is -2.22. The third-order valence-corrected chi connectivity index (χ3v) is 4.51. The number of carbonyl (C=O) groups excluding carboxylic acids is 1. The molecule has 2 aromatic carbocycles. The molecule has 3 N–H and O–H groups in total. The van der Waals surface area contributed by atoms with Crippen molar-refractivity contribution in [2.45, 2.75) is 37.6 Å². The van der Waals surface area contributed by atoms with Gasteiger partial charge >= 0.3 is 0 Å². The molecule has 0 unspecified atom stereocenters. The molecule has 2 aromatic rings. The SMILES string of the molecule is NC1(C(=O)NCCc2cccc3ccccc23)CCCC1. The van der Waals surface area contributed by atoms with Gasteiger partial charge in [0.25, 0.3) is 0 Å². The molecular weight excluding hydrogens is 260 g/mol. The standard InChI is InChI=1S/C18H22N2O/c19-18(11-3-4-12-18)17(21)20-13-10-15-8-5-7-14-6-1-2-9-16(14)15/h1-2,5-9H,3-4,10-13,19H2,(H,20,21). The zero-order valence-electron chi connectivity index (χ0n) is 12.3. The van der Waals surface area contributed by atoms with Gasteiger partial charge in [-0.05, 0) is 35.6 Å². The minimum Gasteiger partial charge on any atom is -0.354 e. The highest BCUT2D eigenvalue weighted by atomic mass is 16.2. The minimum atomic E-state index is -0.626. The zero-order valence-corrected chi connectivity index (χ0v) is 12.3. The van der Waals surface area contributed by atoms with Crippen molar-refractivity contribution in [2.75, 3.05) is 6.54 Å². The van der Waals surface area contributed by atoms with Gasteiger partial charge in [0.05, 0.1) is 5.54 Å². The van der Waals surface area contributed by atoms with Crippen molar-refractivity contribution in [3.05, 3.63) is 48.0 Å². The number of nitrogens with one attached hydrogen (secondary N) is 1. The molecule has 0 aliphatic heterocycles. The Labute approximate surface area is 125 Å². The van der Waals surface area contributed by atoms with Crippen molar-refractivity contribution >= 4 is 16.7 Å². The van der Waals surface area contributed by atoms with Gasteiger partial charge in [-0.3, -0.25) is 4.79 Å². The summed E-state index contributed by atoms with van der Waals surface area (Å²) in [6.07, 6.45) is 4.59. The summed E-state index contributed by atoms with van der Waals surface area (Å²) in [6.45, 7) is 0.645. The summed E-state index contributed by atoms with van der Waals surface area (Å²) < 4.78 is 0. The minimum absolute atomic E-state index is 0.0141. The van der Waals surface area contributed by atoms with Gasteiger partial charge in [-0.25, -0.2) is 0 Å². The van der Waals surface area contributed by atoms with Gasteiger partial charge in [-0.2, -0.15) is 0 Å². The Morgan fingerprint density at radius 3 is 2.62 bits per heavy atom. The quantitative estimate of drug-likeness (QED) is 0.906. The van der Waals surface area contributed by atoms with Crippen molar-refractivity contribution in [3.8, 4) is 0 Å². The van der Waals surface area contributed by atoms with Crippen LogP contribution in [0.4, 0.5) is 0 Å². The molecule has 0 saturated heterocycles. The molecule has 0 spiro atoms. The summed E-state index contributed by atoms with van der Waals surface area (Å²) in [7, 11) is 0. The monoisotopic (exact) mass is 282 g/mol. The van der Waals surface area contributed by atoms with Crippen LogP contribution in [0.5, 0.6) is 0 Å². The van der Waals surface area contributed by atoms with Gasteiger partial charge in [0, 0.05) is 6.54 Å². The second kappa shape index (κ2) is 5.86. The predicted octanol–water partition coefficient (Wildman–Crippen LogP) is 2.77. The number of rotatable bonds is 4. The summed E-state index contributed by atoms with van der Waals surface area (Å²) in [5, 5.41) is 5.52. The van der Waals surface area contributed by atoms with Crippen LogP contribution in [-0.2, 0) is 11.2 Å². The molecule has 1 saturated carbocycles. The normalized spacial score (nSPS) is 17.0. The molecule has 0 heterocycles. The van der Waals surface area contributed by atoms with E-state index in [0.717, 1.165) is 32.1 Å². The van der Waals surface area contributed by atoms with Gasteiger partial charge < -0.3 is 11.1 Å². The van der Waals surface area contributed by atoms with E-state index < -0.39 is 5.54 Å². The molecule has 3 rings (SSSR count). The summed E-state index contributed by atoms with van der Waals surface area (Å²) in [5.74, 6) is 0.0141. The maximum Gasteiger partial charge on any atom is 0.240 e. The smallest absolute Gasteiger partial charge is 0.240 e. The first-order valence-corrected chi connectivity index (χ1v) is 7.73. The Morgan fingerprint density at radius 1 is 1.10 bits per heavy atom. The molecule has 0 atom stereocenters. The Bertz CT molecular complexity index is 639. The number of amides is 1. The van der Waals surface area contributed by atoms with E-state index in [4.69, 9.17) is 5.73 Å². The second-order valence-corrected chi connectivity index (χ2v) is 6.01. The summed E-state index contributed by atoms with van der Waals surface area (Å²) in [5.41, 5.74) is 6.80. The lowest BCUT2D eigenvalue weighted by Crippen LogP contribution is -2.52. The van der Waals surface area contributed by atoms with E-state index in [1.54, 1.807) is 0 Å². The maximum atomic E-state index is 12.2. The number of carbonyl (C=O) groups is 1. The molecule has 1 aliphatic carbocycles. The highest BCUT2D eigenvalue weighted by Gasteiger charge is 2.36. The lowest BCUT2D eigenvalue weighted by atomic mass is 9.98. The van der Waals surface area contributed by atoms with E-state index in [0.29, 0.717) is 6.54 Å². The van der Waals surface area contributed by atoms with E-state index >= 15 is 0 Å². The van der Waals surface area contributed by atoms with Crippen LogP contribution in [0.3, 0.4) is 0 Å². The van der Waals surface area contributed by atoms with Crippen LogP contribution in [0.2, 0.25) is 0 Å². The van der Waals surface area contributed by atoms with E-state index in [-0.39, 0.29) is 5.91 Å². The highest BCUT2D eigenvalue weighted by molar-refractivity contribution is 5.87. The lowest BCUT2D eigenvalue weighted by molar-refractivity contribution is -0.126. The van der Waals surface area contributed by atoms with Crippen molar-refractivity contribution in [1.82, 2.24) is 5.32 Å². The molecule has 1 aliphatic rings.